The van der Waals surface area contributed by atoms with Gasteiger partial charge in [-0.3, -0.25) is 4.79 Å². The Bertz CT molecular complexity index is 289. The Kier molecular flexibility index (Phi) is 2.28. The first kappa shape index (κ1) is 7.81. The van der Waals surface area contributed by atoms with Gasteiger partial charge >= 0.3 is 0 Å². The van der Waals surface area contributed by atoms with Crippen molar-refractivity contribution < 1.29 is 14.6 Å². The monoisotopic (exact) mass is 156 g/mol. The second-order valence-electron chi connectivity index (χ2n) is 2.03. The van der Waals surface area contributed by atoms with E-state index in [0.29, 0.717) is 0 Å². The van der Waals surface area contributed by atoms with Crippen LogP contribution in [0.4, 0.5) is 0 Å². The largest absolute Gasteiger partial charge is 0.502 e. The molecule has 0 saturated carbocycles. The third-order valence-corrected chi connectivity index (χ3v) is 1.27. The summed E-state index contributed by atoms with van der Waals surface area (Å²) < 4.78 is 4.77. The third-order valence-electron chi connectivity index (χ3n) is 1.27. The molecule has 0 atom stereocenters. The first-order valence-corrected chi connectivity index (χ1v) is 3.16. The molecule has 0 aromatic carbocycles. The Morgan fingerprint density at radius 1 is 1.55 bits per heavy atom. The molecule has 1 aromatic rings. The minimum atomic E-state index is -0.486. The van der Waals surface area contributed by atoms with Gasteiger partial charge in [0.2, 0.25) is 11.2 Å². The van der Waals surface area contributed by atoms with Crippen molar-refractivity contribution in [1.29, 1.82) is 0 Å². The van der Waals surface area contributed by atoms with E-state index in [-0.39, 0.29) is 18.8 Å². The highest BCUT2D eigenvalue weighted by atomic mass is 16.4. The normalized spacial score (nSPS) is 9.91. The minimum absolute atomic E-state index is 0.125. The van der Waals surface area contributed by atoms with Crippen molar-refractivity contribution in [2.45, 2.75) is 6.42 Å². The van der Waals surface area contributed by atoms with Crippen LogP contribution in [-0.4, -0.2) is 16.8 Å². The summed E-state index contributed by atoms with van der Waals surface area (Å²) in [6.07, 6.45) is 1.34. The van der Waals surface area contributed by atoms with Gasteiger partial charge in [-0.1, -0.05) is 0 Å². The molecular formula is C7H8O4. The van der Waals surface area contributed by atoms with Gasteiger partial charge in [0, 0.05) is 12.5 Å². The average molecular weight is 156 g/mol. The van der Waals surface area contributed by atoms with Gasteiger partial charge in [0.25, 0.3) is 0 Å². The van der Waals surface area contributed by atoms with Gasteiger partial charge < -0.3 is 14.6 Å². The van der Waals surface area contributed by atoms with Gasteiger partial charge in [0.1, 0.15) is 0 Å². The molecule has 2 N–H and O–H groups in total. The Morgan fingerprint density at radius 2 is 2.27 bits per heavy atom. The molecule has 1 aromatic heterocycles. The molecule has 11 heavy (non-hydrogen) atoms. The van der Waals surface area contributed by atoms with Gasteiger partial charge in [-0.05, 0) is 0 Å². The van der Waals surface area contributed by atoms with Crippen LogP contribution in [0, 0.1) is 0 Å². The summed E-state index contributed by atoms with van der Waals surface area (Å²) in [5, 5.41) is 17.5. The van der Waals surface area contributed by atoms with Crippen LogP contribution in [-0.2, 0) is 6.42 Å². The van der Waals surface area contributed by atoms with E-state index in [1.165, 1.54) is 6.26 Å². The summed E-state index contributed by atoms with van der Waals surface area (Å²) in [5.41, 5.74) is -0.486. The lowest BCUT2D eigenvalue weighted by Gasteiger charge is -1.97. The van der Waals surface area contributed by atoms with Crippen molar-refractivity contribution in [2.75, 3.05) is 6.61 Å². The summed E-state index contributed by atoms with van der Waals surface area (Å²) in [4.78, 5) is 10.7. The maximum absolute atomic E-state index is 10.7. The van der Waals surface area contributed by atoms with Gasteiger partial charge in [-0.25, -0.2) is 0 Å². The summed E-state index contributed by atoms with van der Waals surface area (Å²) in [7, 11) is 0. The molecule has 4 heteroatoms. The predicted molar refractivity (Wildman–Crippen MR) is 37.4 cm³/mol. The van der Waals surface area contributed by atoms with Crippen LogP contribution in [0.25, 0.3) is 0 Å². The van der Waals surface area contributed by atoms with E-state index in [0.717, 1.165) is 6.07 Å². The van der Waals surface area contributed by atoms with Crippen LogP contribution in [0.5, 0.6) is 5.75 Å². The van der Waals surface area contributed by atoms with E-state index in [9.17, 15) is 4.79 Å². The second-order valence-corrected chi connectivity index (χ2v) is 2.03. The fourth-order valence-corrected chi connectivity index (χ4v) is 0.729. The highest BCUT2D eigenvalue weighted by molar-refractivity contribution is 5.22. The zero-order valence-corrected chi connectivity index (χ0v) is 5.78. The fraction of sp³-hybridized carbons (Fsp3) is 0.286. The molecule has 0 amide bonds. The molecule has 0 aliphatic rings. The van der Waals surface area contributed by atoms with Crippen molar-refractivity contribution in [3.63, 3.8) is 0 Å². The SMILES string of the molecule is O=c1ccoc(CCO)c1O. The third kappa shape index (κ3) is 1.59. The molecule has 0 aliphatic heterocycles. The molecule has 1 rings (SSSR count). The van der Waals surface area contributed by atoms with Crippen LogP contribution in [0.2, 0.25) is 0 Å². The quantitative estimate of drug-likeness (QED) is 0.626. The van der Waals surface area contributed by atoms with Gasteiger partial charge in [0.05, 0.1) is 12.9 Å². The Labute approximate surface area is 62.7 Å². The Balaban J connectivity index is 3.06. The molecule has 0 unspecified atom stereocenters. The Morgan fingerprint density at radius 3 is 2.91 bits per heavy atom. The zero-order valence-electron chi connectivity index (χ0n) is 5.78. The van der Waals surface area contributed by atoms with E-state index in [4.69, 9.17) is 14.6 Å². The van der Waals surface area contributed by atoms with Crippen LogP contribution in [0.15, 0.2) is 21.5 Å². The van der Waals surface area contributed by atoms with Gasteiger partial charge in [-0.2, -0.15) is 0 Å². The molecule has 0 fully saturated rings. The van der Waals surface area contributed by atoms with Gasteiger partial charge in [0.15, 0.2) is 5.76 Å². The van der Waals surface area contributed by atoms with Crippen LogP contribution < -0.4 is 5.43 Å². The number of aliphatic hydroxyl groups is 1. The summed E-state index contributed by atoms with van der Waals surface area (Å²) in [5.74, 6) is -0.290. The van der Waals surface area contributed by atoms with Crippen molar-refractivity contribution in [3.8, 4) is 5.75 Å². The van der Waals surface area contributed by atoms with Crippen LogP contribution >= 0.6 is 0 Å². The lowest BCUT2D eigenvalue weighted by molar-refractivity contribution is 0.280. The van der Waals surface area contributed by atoms with Gasteiger partial charge in [-0.15, -0.1) is 0 Å². The second kappa shape index (κ2) is 3.21. The van der Waals surface area contributed by atoms with Crippen molar-refractivity contribution in [1.82, 2.24) is 0 Å². The molecule has 0 saturated heterocycles. The maximum atomic E-state index is 10.7. The maximum Gasteiger partial charge on any atom is 0.226 e. The zero-order chi connectivity index (χ0) is 8.27. The fourth-order valence-electron chi connectivity index (χ4n) is 0.729. The highest BCUT2D eigenvalue weighted by Gasteiger charge is 2.05. The van der Waals surface area contributed by atoms with E-state index in [1.54, 1.807) is 0 Å². The van der Waals surface area contributed by atoms with Crippen LogP contribution in [0.3, 0.4) is 0 Å². The molecule has 0 spiro atoms. The van der Waals surface area contributed by atoms with E-state index in [2.05, 4.69) is 0 Å². The molecule has 0 aliphatic carbocycles. The molecule has 0 radical (unpaired) electrons. The molecular weight excluding hydrogens is 148 g/mol. The lowest BCUT2D eigenvalue weighted by Crippen LogP contribution is -2.02. The molecule has 60 valence electrons. The number of rotatable bonds is 2. The number of hydrogen-bond donors (Lipinski definition) is 2. The van der Waals surface area contributed by atoms with Crippen molar-refractivity contribution >= 4 is 0 Å². The van der Waals surface area contributed by atoms with E-state index in [1.807, 2.05) is 0 Å². The topological polar surface area (TPSA) is 70.7 Å². The Hall–Kier alpha value is -1.29. The van der Waals surface area contributed by atoms with E-state index < -0.39 is 11.2 Å². The molecule has 1 heterocycles. The van der Waals surface area contributed by atoms with E-state index >= 15 is 0 Å². The lowest BCUT2D eigenvalue weighted by atomic mass is 10.3. The number of aromatic hydroxyl groups is 1. The molecule has 4 nitrogen and oxygen atoms in total. The minimum Gasteiger partial charge on any atom is -0.502 e. The highest BCUT2D eigenvalue weighted by Crippen LogP contribution is 2.09. The first-order chi connectivity index (χ1) is 5.25. The standard InChI is InChI=1S/C7H8O4/c8-3-1-6-7(10)5(9)2-4-11-6/h2,4,8,10H,1,3H2. The average Bonchev–Trinajstić information content (AvgIpc) is 1.99. The molecule has 0 bridgehead atoms. The summed E-state index contributed by atoms with van der Waals surface area (Å²) in [6.45, 7) is -0.152. The number of aliphatic hydroxyl groups excluding tert-OH is 1. The summed E-state index contributed by atoms with van der Waals surface area (Å²) in [6, 6.07) is 1.12. The number of hydrogen-bond acceptors (Lipinski definition) is 4. The van der Waals surface area contributed by atoms with Crippen molar-refractivity contribution in [3.05, 3.63) is 28.3 Å². The predicted octanol–water partition coefficient (Wildman–Crippen LogP) is -0.120. The first-order valence-electron chi connectivity index (χ1n) is 3.16. The van der Waals surface area contributed by atoms with Crippen molar-refractivity contribution in [2.24, 2.45) is 0 Å². The smallest absolute Gasteiger partial charge is 0.226 e. The summed E-state index contributed by atoms with van der Waals surface area (Å²) >= 11 is 0. The van der Waals surface area contributed by atoms with Crippen LogP contribution in [0.1, 0.15) is 5.76 Å².